The number of aromatic amines is 1. The fraction of sp³-hybridized carbons (Fsp3) is 0.348. The van der Waals surface area contributed by atoms with Crippen molar-refractivity contribution in [1.82, 2.24) is 9.29 Å². The first-order valence-corrected chi connectivity index (χ1v) is 12.2. The summed E-state index contributed by atoms with van der Waals surface area (Å²) < 4.78 is 28.3. The molecule has 0 amide bonds. The van der Waals surface area contributed by atoms with Gasteiger partial charge in [0, 0.05) is 24.0 Å². The molecule has 1 aliphatic carbocycles. The maximum Gasteiger partial charge on any atom is 0.307 e. The van der Waals surface area contributed by atoms with Crippen molar-refractivity contribution in [2.75, 3.05) is 7.05 Å². The van der Waals surface area contributed by atoms with Crippen LogP contribution in [0.15, 0.2) is 47.4 Å². The van der Waals surface area contributed by atoms with Gasteiger partial charge in [0.25, 0.3) is 0 Å². The number of hydrogen-bond acceptors (Lipinski definition) is 3. The van der Waals surface area contributed by atoms with Crippen LogP contribution in [0.5, 0.6) is 0 Å². The van der Waals surface area contributed by atoms with Crippen molar-refractivity contribution in [3.8, 4) is 11.3 Å². The number of rotatable bonds is 6. The summed E-state index contributed by atoms with van der Waals surface area (Å²) in [6, 6.07) is 12.2. The van der Waals surface area contributed by atoms with Crippen molar-refractivity contribution < 1.29 is 18.3 Å². The zero-order valence-corrected chi connectivity index (χ0v) is 18.8. The summed E-state index contributed by atoms with van der Waals surface area (Å²) in [4.78, 5) is 14.8. The molecule has 0 atom stereocenters. The van der Waals surface area contributed by atoms with E-state index in [2.05, 4.69) is 4.98 Å². The molecule has 0 spiro atoms. The lowest BCUT2D eigenvalue weighted by Gasteiger charge is -2.30. The first-order valence-electron chi connectivity index (χ1n) is 10.4. The monoisotopic (exact) mass is 460 g/mol. The van der Waals surface area contributed by atoms with Crippen molar-refractivity contribution in [1.29, 1.82) is 0 Å². The van der Waals surface area contributed by atoms with Crippen LogP contribution in [0.1, 0.15) is 37.7 Å². The van der Waals surface area contributed by atoms with Gasteiger partial charge in [-0.25, -0.2) is 8.42 Å². The van der Waals surface area contributed by atoms with Crippen LogP contribution in [0, 0.1) is 0 Å². The van der Waals surface area contributed by atoms with E-state index in [0.29, 0.717) is 16.8 Å². The van der Waals surface area contributed by atoms with Gasteiger partial charge >= 0.3 is 5.97 Å². The average Bonchev–Trinajstić information content (AvgIpc) is 3.12. The van der Waals surface area contributed by atoms with Crippen molar-refractivity contribution >= 4 is 38.5 Å². The first kappa shape index (κ1) is 21.9. The third-order valence-electron chi connectivity index (χ3n) is 6.11. The molecule has 1 heterocycles. The third kappa shape index (κ3) is 4.22. The Hall–Kier alpha value is -2.35. The summed E-state index contributed by atoms with van der Waals surface area (Å²) >= 11 is 6.34. The molecule has 0 radical (unpaired) electrons. The highest BCUT2D eigenvalue weighted by Gasteiger charge is 2.31. The van der Waals surface area contributed by atoms with Gasteiger partial charge in [-0.15, -0.1) is 0 Å². The highest BCUT2D eigenvalue weighted by molar-refractivity contribution is 7.89. The number of carbonyl (C=O) groups is 1. The molecule has 6 nitrogen and oxygen atoms in total. The molecular formula is C23H25ClN2O4S. The molecule has 8 heteroatoms. The molecule has 2 N–H and O–H groups in total. The Bertz CT molecular complexity index is 1230. The van der Waals surface area contributed by atoms with E-state index in [0.717, 1.165) is 43.0 Å². The normalized spacial score (nSPS) is 15.6. The maximum atomic E-state index is 13.4. The van der Waals surface area contributed by atoms with E-state index >= 15 is 0 Å². The number of sulfonamides is 1. The summed E-state index contributed by atoms with van der Waals surface area (Å²) in [5, 5.41) is 10.4. The second-order valence-corrected chi connectivity index (χ2v) is 10.4. The molecule has 0 aliphatic heterocycles. The van der Waals surface area contributed by atoms with Gasteiger partial charge in [0.05, 0.1) is 17.1 Å². The van der Waals surface area contributed by atoms with Gasteiger partial charge in [0.1, 0.15) is 4.90 Å². The van der Waals surface area contributed by atoms with E-state index in [1.54, 1.807) is 25.2 Å². The fourth-order valence-corrected chi connectivity index (χ4v) is 6.35. The SMILES string of the molecule is CN(C1CCCCC1)S(=O)(=O)c1cc(-c2[nH]c3ccccc3c2CC(=O)O)ccc1Cl. The van der Waals surface area contributed by atoms with Crippen LogP contribution in [0.4, 0.5) is 0 Å². The van der Waals surface area contributed by atoms with E-state index < -0.39 is 16.0 Å². The standard InChI is InChI=1S/C23H25ClN2O4S/c1-26(16-7-3-2-4-8-16)31(29,30)21-13-15(11-12-19(21)24)23-18(14-22(27)28)17-9-5-6-10-20(17)25-23/h5-6,9-13,16,25H,2-4,7-8,14H2,1H3,(H,27,28). The molecule has 1 aliphatic rings. The highest BCUT2D eigenvalue weighted by Crippen LogP contribution is 2.36. The molecule has 1 saturated carbocycles. The Morgan fingerprint density at radius 3 is 2.58 bits per heavy atom. The lowest BCUT2D eigenvalue weighted by molar-refractivity contribution is -0.136. The minimum atomic E-state index is -3.79. The largest absolute Gasteiger partial charge is 0.481 e. The Morgan fingerprint density at radius 2 is 1.87 bits per heavy atom. The molecule has 0 unspecified atom stereocenters. The Balaban J connectivity index is 1.81. The van der Waals surface area contributed by atoms with Gasteiger partial charge < -0.3 is 10.1 Å². The van der Waals surface area contributed by atoms with Gasteiger partial charge in [0.2, 0.25) is 10.0 Å². The number of nitrogens with zero attached hydrogens (tertiary/aromatic N) is 1. The Morgan fingerprint density at radius 1 is 1.16 bits per heavy atom. The second-order valence-electron chi connectivity index (χ2n) is 8.05. The van der Waals surface area contributed by atoms with E-state index in [-0.39, 0.29) is 22.4 Å². The number of para-hydroxylation sites is 1. The minimum Gasteiger partial charge on any atom is -0.481 e. The molecule has 1 aromatic heterocycles. The van der Waals surface area contributed by atoms with Crippen LogP contribution >= 0.6 is 11.6 Å². The van der Waals surface area contributed by atoms with E-state index in [4.69, 9.17) is 11.6 Å². The average molecular weight is 461 g/mol. The molecule has 164 valence electrons. The zero-order valence-electron chi connectivity index (χ0n) is 17.3. The Kier molecular flexibility index (Phi) is 6.10. The minimum absolute atomic E-state index is 0.0332. The van der Waals surface area contributed by atoms with Crippen molar-refractivity contribution in [3.63, 3.8) is 0 Å². The molecule has 4 rings (SSSR count). The molecule has 0 saturated heterocycles. The van der Waals surface area contributed by atoms with Crippen LogP contribution < -0.4 is 0 Å². The molecule has 31 heavy (non-hydrogen) atoms. The van der Waals surface area contributed by atoms with Gasteiger partial charge in [-0.05, 0) is 42.2 Å². The number of halogens is 1. The lowest BCUT2D eigenvalue weighted by atomic mass is 9.96. The van der Waals surface area contributed by atoms with Gasteiger partial charge in [-0.1, -0.05) is 55.1 Å². The number of H-pyrrole nitrogens is 1. The van der Waals surface area contributed by atoms with Crippen LogP contribution in [-0.4, -0.2) is 41.9 Å². The summed E-state index contributed by atoms with van der Waals surface area (Å²) in [7, 11) is -2.18. The van der Waals surface area contributed by atoms with E-state index in [1.807, 2.05) is 24.3 Å². The maximum absolute atomic E-state index is 13.4. The van der Waals surface area contributed by atoms with Crippen molar-refractivity contribution in [2.24, 2.45) is 0 Å². The topological polar surface area (TPSA) is 90.5 Å². The van der Waals surface area contributed by atoms with Crippen molar-refractivity contribution in [2.45, 2.75) is 49.5 Å². The number of carboxylic acid groups (broad SMARTS) is 1. The van der Waals surface area contributed by atoms with E-state index in [9.17, 15) is 18.3 Å². The summed E-state index contributed by atoms with van der Waals surface area (Å²) in [5.74, 6) is -0.954. The van der Waals surface area contributed by atoms with Crippen LogP contribution in [0.3, 0.4) is 0 Å². The number of hydrogen-bond donors (Lipinski definition) is 2. The second kappa shape index (κ2) is 8.65. The summed E-state index contributed by atoms with van der Waals surface area (Å²) in [6.07, 6.45) is 4.69. The molecule has 3 aromatic rings. The molecule has 0 bridgehead atoms. The number of nitrogens with one attached hydrogen (secondary N) is 1. The van der Waals surface area contributed by atoms with E-state index in [1.165, 1.54) is 4.31 Å². The summed E-state index contributed by atoms with van der Waals surface area (Å²) in [6.45, 7) is 0. The third-order valence-corrected chi connectivity index (χ3v) is 8.50. The lowest BCUT2D eigenvalue weighted by Crippen LogP contribution is -2.38. The molecule has 1 fully saturated rings. The first-order chi connectivity index (χ1) is 14.8. The number of fused-ring (bicyclic) bond motifs is 1. The highest BCUT2D eigenvalue weighted by atomic mass is 35.5. The zero-order chi connectivity index (χ0) is 22.2. The fourth-order valence-electron chi connectivity index (χ4n) is 4.43. The number of carboxylic acids is 1. The smallest absolute Gasteiger partial charge is 0.307 e. The van der Waals surface area contributed by atoms with Crippen LogP contribution in [0.25, 0.3) is 22.2 Å². The predicted molar refractivity (Wildman–Crippen MR) is 122 cm³/mol. The van der Waals surface area contributed by atoms with Gasteiger partial charge in [-0.2, -0.15) is 4.31 Å². The van der Waals surface area contributed by atoms with Crippen molar-refractivity contribution in [3.05, 3.63) is 53.1 Å². The molecular weight excluding hydrogens is 436 g/mol. The quantitative estimate of drug-likeness (QED) is 0.537. The number of aliphatic carboxylic acids is 1. The van der Waals surface area contributed by atoms with Crippen LogP contribution in [0.2, 0.25) is 5.02 Å². The number of aromatic nitrogens is 1. The Labute approximate surface area is 186 Å². The van der Waals surface area contributed by atoms with Crippen LogP contribution in [-0.2, 0) is 21.2 Å². The molecule has 2 aromatic carbocycles. The predicted octanol–water partition coefficient (Wildman–Crippen LogP) is 5.07. The summed E-state index contributed by atoms with van der Waals surface area (Å²) in [5.41, 5.74) is 2.60. The van der Waals surface area contributed by atoms with Gasteiger partial charge in [-0.3, -0.25) is 4.79 Å². The number of benzene rings is 2. The van der Waals surface area contributed by atoms with Gasteiger partial charge in [0.15, 0.2) is 0 Å².